The van der Waals surface area contributed by atoms with Crippen LogP contribution in [0.15, 0.2) is 66.7 Å². The van der Waals surface area contributed by atoms with E-state index in [0.717, 1.165) is 16.7 Å². The van der Waals surface area contributed by atoms with Crippen molar-refractivity contribution in [3.05, 3.63) is 83.4 Å². The molecule has 0 heterocycles. The van der Waals surface area contributed by atoms with Crippen molar-refractivity contribution in [1.82, 2.24) is 5.32 Å². The molecule has 110 valence electrons. The van der Waals surface area contributed by atoms with Crippen molar-refractivity contribution in [2.24, 2.45) is 0 Å². The van der Waals surface area contributed by atoms with Gasteiger partial charge in [0.1, 0.15) is 0 Å². The van der Waals surface area contributed by atoms with Gasteiger partial charge in [0.15, 0.2) is 0 Å². The molecule has 0 aliphatic heterocycles. The maximum absolute atomic E-state index is 12.4. The normalized spacial score (nSPS) is 12.1. The SMILES string of the molecule is Cc1ccccc1C(=O)N[C@@H](C)c1ccc2ccccc2c1. The van der Waals surface area contributed by atoms with Crippen LogP contribution >= 0.6 is 0 Å². The third kappa shape index (κ3) is 2.86. The molecular weight excluding hydrogens is 270 g/mol. The third-order valence-corrected chi connectivity index (χ3v) is 4.01. The molecule has 2 nitrogen and oxygen atoms in total. The molecule has 0 aliphatic rings. The van der Waals surface area contributed by atoms with Gasteiger partial charge in [0, 0.05) is 5.56 Å². The highest BCUT2D eigenvalue weighted by atomic mass is 16.1. The summed E-state index contributed by atoms with van der Waals surface area (Å²) >= 11 is 0. The van der Waals surface area contributed by atoms with Crippen LogP contribution in [0, 0.1) is 6.92 Å². The Hall–Kier alpha value is -2.61. The number of carbonyl (C=O) groups is 1. The van der Waals surface area contributed by atoms with Crippen LogP contribution in [0.25, 0.3) is 10.8 Å². The lowest BCUT2D eigenvalue weighted by molar-refractivity contribution is 0.0939. The van der Waals surface area contributed by atoms with Crippen molar-refractivity contribution in [2.75, 3.05) is 0 Å². The minimum Gasteiger partial charge on any atom is -0.346 e. The molecule has 0 saturated heterocycles. The number of amides is 1. The first-order valence-corrected chi connectivity index (χ1v) is 7.50. The van der Waals surface area contributed by atoms with E-state index in [-0.39, 0.29) is 11.9 Å². The van der Waals surface area contributed by atoms with E-state index in [1.54, 1.807) is 0 Å². The quantitative estimate of drug-likeness (QED) is 0.747. The molecule has 3 aromatic rings. The zero-order chi connectivity index (χ0) is 15.5. The van der Waals surface area contributed by atoms with Crippen molar-refractivity contribution >= 4 is 16.7 Å². The lowest BCUT2D eigenvalue weighted by Crippen LogP contribution is -2.27. The molecular formula is C20H19NO. The second-order valence-corrected chi connectivity index (χ2v) is 5.62. The molecule has 1 atom stereocenters. The molecule has 0 fully saturated rings. The van der Waals surface area contributed by atoms with Gasteiger partial charge in [-0.1, -0.05) is 54.6 Å². The van der Waals surface area contributed by atoms with Gasteiger partial charge >= 0.3 is 0 Å². The molecule has 0 bridgehead atoms. The Bertz CT molecular complexity index is 823. The Kier molecular flexibility index (Phi) is 3.92. The van der Waals surface area contributed by atoms with Gasteiger partial charge in [0.2, 0.25) is 0 Å². The van der Waals surface area contributed by atoms with Crippen molar-refractivity contribution in [3.63, 3.8) is 0 Å². The molecule has 3 aromatic carbocycles. The lowest BCUT2D eigenvalue weighted by Gasteiger charge is -2.16. The van der Waals surface area contributed by atoms with Gasteiger partial charge in [-0.05, 0) is 47.9 Å². The number of hydrogen-bond acceptors (Lipinski definition) is 1. The summed E-state index contributed by atoms with van der Waals surface area (Å²) in [6.07, 6.45) is 0. The molecule has 0 aliphatic carbocycles. The van der Waals surface area contributed by atoms with E-state index in [9.17, 15) is 4.79 Å². The number of fused-ring (bicyclic) bond motifs is 1. The standard InChI is InChI=1S/C20H19NO/c1-14-7-3-6-10-19(14)20(22)21-15(2)17-12-11-16-8-4-5-9-18(16)13-17/h3-13,15H,1-2H3,(H,21,22)/t15-/m0/s1. The van der Waals surface area contributed by atoms with Crippen LogP contribution in [0.3, 0.4) is 0 Å². The summed E-state index contributed by atoms with van der Waals surface area (Å²) in [5.41, 5.74) is 2.83. The van der Waals surface area contributed by atoms with Crippen LogP contribution in [0.2, 0.25) is 0 Å². The van der Waals surface area contributed by atoms with Gasteiger partial charge in [-0.3, -0.25) is 4.79 Å². The molecule has 22 heavy (non-hydrogen) atoms. The number of benzene rings is 3. The van der Waals surface area contributed by atoms with Crippen LogP contribution < -0.4 is 5.32 Å². The molecule has 0 spiro atoms. The monoisotopic (exact) mass is 289 g/mol. The molecule has 0 unspecified atom stereocenters. The van der Waals surface area contributed by atoms with Gasteiger partial charge in [0.25, 0.3) is 5.91 Å². The predicted octanol–water partition coefficient (Wildman–Crippen LogP) is 4.64. The van der Waals surface area contributed by atoms with Crippen LogP contribution in [0.4, 0.5) is 0 Å². The summed E-state index contributed by atoms with van der Waals surface area (Å²) in [6, 6.07) is 22.2. The average molecular weight is 289 g/mol. The third-order valence-electron chi connectivity index (χ3n) is 4.01. The minimum absolute atomic E-state index is 0.0289. The Labute approximate surface area is 130 Å². The van der Waals surface area contributed by atoms with E-state index in [1.165, 1.54) is 10.8 Å². The van der Waals surface area contributed by atoms with Gasteiger partial charge in [-0.15, -0.1) is 0 Å². The lowest BCUT2D eigenvalue weighted by atomic mass is 10.0. The van der Waals surface area contributed by atoms with Crippen LogP contribution in [-0.4, -0.2) is 5.91 Å². The maximum Gasteiger partial charge on any atom is 0.252 e. The summed E-state index contributed by atoms with van der Waals surface area (Å²) in [6.45, 7) is 3.97. The van der Waals surface area contributed by atoms with E-state index in [4.69, 9.17) is 0 Å². The summed E-state index contributed by atoms with van der Waals surface area (Å²) in [5, 5.41) is 5.48. The smallest absolute Gasteiger partial charge is 0.252 e. The van der Waals surface area contributed by atoms with Crippen molar-refractivity contribution < 1.29 is 4.79 Å². The fourth-order valence-corrected chi connectivity index (χ4v) is 2.66. The summed E-state index contributed by atoms with van der Waals surface area (Å²) in [5.74, 6) is -0.0289. The Balaban J connectivity index is 1.82. The van der Waals surface area contributed by atoms with E-state index >= 15 is 0 Å². The number of nitrogens with one attached hydrogen (secondary N) is 1. The van der Waals surface area contributed by atoms with E-state index in [2.05, 4.69) is 35.6 Å². The second-order valence-electron chi connectivity index (χ2n) is 5.62. The number of carbonyl (C=O) groups excluding carboxylic acids is 1. The van der Waals surface area contributed by atoms with Crippen LogP contribution in [0.1, 0.15) is 34.5 Å². The highest BCUT2D eigenvalue weighted by Crippen LogP contribution is 2.20. The average Bonchev–Trinajstić information content (AvgIpc) is 2.54. The molecule has 0 aromatic heterocycles. The van der Waals surface area contributed by atoms with Crippen LogP contribution in [-0.2, 0) is 0 Å². The summed E-state index contributed by atoms with van der Waals surface area (Å²) in [7, 11) is 0. The summed E-state index contributed by atoms with van der Waals surface area (Å²) < 4.78 is 0. The number of rotatable bonds is 3. The van der Waals surface area contributed by atoms with Gasteiger partial charge in [-0.2, -0.15) is 0 Å². The first kappa shape index (κ1) is 14.3. The molecule has 0 radical (unpaired) electrons. The highest BCUT2D eigenvalue weighted by Gasteiger charge is 2.13. The topological polar surface area (TPSA) is 29.1 Å². The van der Waals surface area contributed by atoms with Crippen LogP contribution in [0.5, 0.6) is 0 Å². The zero-order valence-corrected chi connectivity index (χ0v) is 12.8. The molecule has 3 rings (SSSR count). The van der Waals surface area contributed by atoms with E-state index in [0.29, 0.717) is 0 Å². The summed E-state index contributed by atoms with van der Waals surface area (Å²) in [4.78, 5) is 12.4. The molecule has 1 amide bonds. The zero-order valence-electron chi connectivity index (χ0n) is 12.8. The largest absolute Gasteiger partial charge is 0.346 e. The minimum atomic E-state index is -0.0308. The number of hydrogen-bond donors (Lipinski definition) is 1. The maximum atomic E-state index is 12.4. The molecule has 1 N–H and O–H groups in total. The molecule has 2 heteroatoms. The van der Waals surface area contributed by atoms with Gasteiger partial charge in [-0.25, -0.2) is 0 Å². The fraction of sp³-hybridized carbons (Fsp3) is 0.150. The van der Waals surface area contributed by atoms with Crippen molar-refractivity contribution in [2.45, 2.75) is 19.9 Å². The van der Waals surface area contributed by atoms with Gasteiger partial charge < -0.3 is 5.32 Å². The highest BCUT2D eigenvalue weighted by molar-refractivity contribution is 5.95. The fourth-order valence-electron chi connectivity index (χ4n) is 2.66. The first-order valence-electron chi connectivity index (χ1n) is 7.50. The Morgan fingerprint density at radius 1 is 0.909 bits per heavy atom. The Morgan fingerprint density at radius 2 is 1.59 bits per heavy atom. The van der Waals surface area contributed by atoms with E-state index < -0.39 is 0 Å². The van der Waals surface area contributed by atoms with Crippen molar-refractivity contribution in [1.29, 1.82) is 0 Å². The van der Waals surface area contributed by atoms with Gasteiger partial charge in [0.05, 0.1) is 6.04 Å². The first-order chi connectivity index (χ1) is 10.6. The van der Waals surface area contributed by atoms with Crippen molar-refractivity contribution in [3.8, 4) is 0 Å². The van der Waals surface area contributed by atoms with E-state index in [1.807, 2.05) is 50.2 Å². The number of aryl methyl sites for hydroxylation is 1. The Morgan fingerprint density at radius 3 is 2.36 bits per heavy atom. The molecule has 0 saturated carbocycles. The second kappa shape index (κ2) is 6.02. The predicted molar refractivity (Wildman–Crippen MR) is 91.0 cm³/mol.